The van der Waals surface area contributed by atoms with Crippen LogP contribution in [0.1, 0.15) is 44.4 Å². The van der Waals surface area contributed by atoms with Crippen LogP contribution in [-0.4, -0.2) is 37.7 Å². The lowest BCUT2D eigenvalue weighted by Gasteiger charge is -2.24. The average molecular weight is 520 g/mol. The summed E-state index contributed by atoms with van der Waals surface area (Å²) < 4.78 is 22.7. The minimum atomic E-state index is -0.790. The zero-order valence-electron chi connectivity index (χ0n) is 19.2. The molecule has 1 aliphatic rings. The van der Waals surface area contributed by atoms with Gasteiger partial charge in [0.25, 0.3) is 0 Å². The topological polar surface area (TPSA) is 87.0 Å². The van der Waals surface area contributed by atoms with Crippen LogP contribution in [0.5, 0.6) is 0 Å². The van der Waals surface area contributed by atoms with Crippen LogP contribution in [0.25, 0.3) is 22.3 Å². The summed E-state index contributed by atoms with van der Waals surface area (Å²) in [6.07, 6.45) is 6.45. The molecule has 1 saturated heterocycles. The van der Waals surface area contributed by atoms with E-state index in [2.05, 4.69) is 15.1 Å². The standard InChI is InChI=1S/C24H24Cl2FN5O3/c1-13(2)22(20-17(25)3-4-18(27)21(20)26)35-32-19-9-14(10-28-23(19)30-24(32)33)15-11-29-31(12-15)16-5-7-34-8-6-16/h3-4,9-13,16,22H,5-8H2,1-2H3,(H,28,30,33). The minimum absolute atomic E-state index is 0.136. The van der Waals surface area contributed by atoms with Crippen molar-refractivity contribution in [2.75, 3.05) is 13.2 Å². The summed E-state index contributed by atoms with van der Waals surface area (Å²) in [6, 6.07) is 4.71. The van der Waals surface area contributed by atoms with E-state index in [-0.39, 0.29) is 27.6 Å². The second-order valence-corrected chi connectivity index (χ2v) is 9.68. The number of halogens is 3. The van der Waals surface area contributed by atoms with Crippen molar-refractivity contribution in [3.8, 4) is 11.1 Å². The van der Waals surface area contributed by atoms with E-state index in [1.807, 2.05) is 24.7 Å². The Labute approximate surface area is 210 Å². The normalized spacial score (nSPS) is 15.7. The maximum atomic E-state index is 14.2. The van der Waals surface area contributed by atoms with E-state index in [4.69, 9.17) is 32.8 Å². The lowest BCUT2D eigenvalue weighted by Crippen LogP contribution is -2.30. The highest BCUT2D eigenvalue weighted by Crippen LogP contribution is 2.37. The van der Waals surface area contributed by atoms with Crippen molar-refractivity contribution in [3.05, 3.63) is 68.7 Å². The van der Waals surface area contributed by atoms with E-state index in [0.29, 0.717) is 11.2 Å². The number of H-pyrrole nitrogens is 1. The molecule has 0 radical (unpaired) electrons. The van der Waals surface area contributed by atoms with Gasteiger partial charge in [-0.3, -0.25) is 9.67 Å². The number of aromatic nitrogens is 5. The molecule has 0 bridgehead atoms. The van der Waals surface area contributed by atoms with Gasteiger partial charge < -0.3 is 9.57 Å². The van der Waals surface area contributed by atoms with Crippen molar-refractivity contribution < 1.29 is 14.0 Å². The molecule has 3 aromatic heterocycles. The Morgan fingerprint density at radius 2 is 1.97 bits per heavy atom. The fourth-order valence-electron chi connectivity index (χ4n) is 4.29. The van der Waals surface area contributed by atoms with Gasteiger partial charge in [0.1, 0.15) is 11.3 Å². The van der Waals surface area contributed by atoms with Crippen molar-refractivity contribution in [3.63, 3.8) is 0 Å². The number of aromatic amines is 1. The van der Waals surface area contributed by atoms with Gasteiger partial charge in [0.2, 0.25) is 0 Å². The first-order valence-corrected chi connectivity index (χ1v) is 12.1. The lowest BCUT2D eigenvalue weighted by molar-refractivity contribution is 0.00880. The van der Waals surface area contributed by atoms with Gasteiger partial charge in [0.15, 0.2) is 11.8 Å². The van der Waals surface area contributed by atoms with Crippen LogP contribution >= 0.6 is 23.2 Å². The number of benzene rings is 1. The monoisotopic (exact) mass is 519 g/mol. The molecule has 35 heavy (non-hydrogen) atoms. The molecule has 1 unspecified atom stereocenters. The molecule has 1 aliphatic heterocycles. The van der Waals surface area contributed by atoms with Gasteiger partial charge in [-0.15, -0.1) is 4.73 Å². The summed E-state index contributed by atoms with van der Waals surface area (Å²) in [4.78, 5) is 26.0. The number of hydrogen-bond donors (Lipinski definition) is 1. The van der Waals surface area contributed by atoms with Crippen molar-refractivity contribution in [2.24, 2.45) is 5.92 Å². The first kappa shape index (κ1) is 23.8. The van der Waals surface area contributed by atoms with Gasteiger partial charge in [0.05, 0.1) is 17.3 Å². The molecule has 11 heteroatoms. The Hall–Kier alpha value is -2.88. The third-order valence-corrected chi connectivity index (χ3v) is 6.90. The van der Waals surface area contributed by atoms with Gasteiger partial charge in [-0.25, -0.2) is 14.2 Å². The molecule has 8 nitrogen and oxygen atoms in total. The van der Waals surface area contributed by atoms with Gasteiger partial charge >= 0.3 is 5.69 Å². The molecule has 184 valence electrons. The smallest absolute Gasteiger partial charge is 0.360 e. The third-order valence-electron chi connectivity index (χ3n) is 6.18. The fraction of sp³-hybridized carbons (Fsp3) is 0.375. The zero-order chi connectivity index (χ0) is 24.7. The first-order chi connectivity index (χ1) is 16.8. The van der Waals surface area contributed by atoms with Gasteiger partial charge in [-0.1, -0.05) is 37.0 Å². The van der Waals surface area contributed by atoms with Crippen molar-refractivity contribution in [1.82, 2.24) is 24.5 Å². The predicted octanol–water partition coefficient (Wildman–Crippen LogP) is 5.21. The number of ether oxygens (including phenoxy) is 1. The molecular weight excluding hydrogens is 496 g/mol. The molecule has 1 N–H and O–H groups in total. The van der Waals surface area contributed by atoms with E-state index < -0.39 is 17.6 Å². The Kier molecular flexibility index (Phi) is 6.57. The zero-order valence-corrected chi connectivity index (χ0v) is 20.7. The SMILES string of the molecule is CC(C)C(On1c(=O)[nH]c2ncc(-c3cnn(C4CCOCC4)c3)cc21)c1c(Cl)ccc(F)c1Cl. The summed E-state index contributed by atoms with van der Waals surface area (Å²) in [5, 5.41) is 4.64. The molecule has 1 aromatic carbocycles. The summed E-state index contributed by atoms with van der Waals surface area (Å²) in [7, 11) is 0. The second-order valence-electron chi connectivity index (χ2n) is 8.90. The Morgan fingerprint density at radius 1 is 1.20 bits per heavy atom. The maximum absolute atomic E-state index is 14.2. The number of imidazole rings is 1. The largest absolute Gasteiger partial charge is 0.400 e. The molecule has 0 amide bonds. The fourth-order valence-corrected chi connectivity index (χ4v) is 4.88. The van der Waals surface area contributed by atoms with E-state index in [1.165, 1.54) is 12.1 Å². The minimum Gasteiger partial charge on any atom is -0.400 e. The number of nitrogens with one attached hydrogen (secondary N) is 1. The Balaban J connectivity index is 1.52. The van der Waals surface area contributed by atoms with E-state index >= 15 is 0 Å². The van der Waals surface area contributed by atoms with Gasteiger partial charge in [-0.2, -0.15) is 5.10 Å². The first-order valence-electron chi connectivity index (χ1n) is 11.4. The number of pyridine rings is 1. The molecule has 4 aromatic rings. The number of rotatable bonds is 6. The summed E-state index contributed by atoms with van der Waals surface area (Å²) >= 11 is 12.6. The number of fused-ring (bicyclic) bond motifs is 1. The van der Waals surface area contributed by atoms with E-state index in [1.54, 1.807) is 18.5 Å². The van der Waals surface area contributed by atoms with Gasteiger partial charge in [-0.05, 0) is 37.0 Å². The molecule has 1 atom stereocenters. The highest BCUT2D eigenvalue weighted by molar-refractivity contribution is 6.36. The molecule has 5 rings (SSSR count). The van der Waals surface area contributed by atoms with Crippen molar-refractivity contribution >= 4 is 34.4 Å². The second kappa shape index (κ2) is 9.64. The van der Waals surface area contributed by atoms with Crippen LogP contribution < -0.4 is 10.5 Å². The molecule has 0 saturated carbocycles. The number of hydrogen-bond acceptors (Lipinski definition) is 5. The van der Waals surface area contributed by atoms with Crippen LogP contribution in [0.4, 0.5) is 4.39 Å². The maximum Gasteiger partial charge on any atom is 0.360 e. The lowest BCUT2D eigenvalue weighted by atomic mass is 9.99. The van der Waals surface area contributed by atoms with Crippen LogP contribution in [0.3, 0.4) is 0 Å². The highest BCUT2D eigenvalue weighted by Gasteiger charge is 2.27. The quantitative estimate of drug-likeness (QED) is 0.353. The third kappa shape index (κ3) is 4.55. The predicted molar refractivity (Wildman–Crippen MR) is 131 cm³/mol. The number of nitrogens with zero attached hydrogens (tertiary/aromatic N) is 4. The molecule has 0 aliphatic carbocycles. The Morgan fingerprint density at radius 3 is 2.71 bits per heavy atom. The van der Waals surface area contributed by atoms with Crippen LogP contribution in [0, 0.1) is 11.7 Å². The van der Waals surface area contributed by atoms with Crippen molar-refractivity contribution in [1.29, 1.82) is 0 Å². The summed E-state index contributed by atoms with van der Waals surface area (Å²) in [5.74, 6) is -0.797. The van der Waals surface area contributed by atoms with Crippen molar-refractivity contribution in [2.45, 2.75) is 38.8 Å². The summed E-state index contributed by atoms with van der Waals surface area (Å²) in [6.45, 7) is 5.18. The van der Waals surface area contributed by atoms with E-state index in [0.717, 1.165) is 41.9 Å². The van der Waals surface area contributed by atoms with Crippen LogP contribution in [0.15, 0.2) is 41.6 Å². The van der Waals surface area contributed by atoms with Crippen LogP contribution in [-0.2, 0) is 4.74 Å². The van der Waals surface area contributed by atoms with E-state index in [9.17, 15) is 9.18 Å². The molecular formula is C24H24Cl2FN5O3. The summed E-state index contributed by atoms with van der Waals surface area (Å²) in [5.41, 5.74) is 2.19. The molecule has 4 heterocycles. The van der Waals surface area contributed by atoms with Crippen LogP contribution in [0.2, 0.25) is 10.0 Å². The molecule has 0 spiro atoms. The highest BCUT2D eigenvalue weighted by atomic mass is 35.5. The van der Waals surface area contributed by atoms with Gasteiger partial charge in [0, 0.05) is 47.3 Å². The molecule has 1 fully saturated rings. The average Bonchev–Trinajstić information content (AvgIpc) is 3.46. The Bertz CT molecular complexity index is 1420.